The molecule has 0 radical (unpaired) electrons. The van der Waals surface area contributed by atoms with Crippen molar-refractivity contribution in [2.24, 2.45) is 0 Å². The number of fused-ring (bicyclic) bond motifs is 1. The zero-order valence-electron chi connectivity index (χ0n) is 9.40. The number of aliphatic carboxylic acids is 1. The van der Waals surface area contributed by atoms with Gasteiger partial charge < -0.3 is 20.1 Å². The zero-order chi connectivity index (χ0) is 13.3. The molecule has 1 aromatic heterocycles. The molecule has 1 heterocycles. The number of aliphatic hydroxyl groups is 2. The first kappa shape index (κ1) is 12.7. The Labute approximate surface area is 106 Å². The van der Waals surface area contributed by atoms with Gasteiger partial charge in [-0.3, -0.25) is 0 Å². The molecule has 0 saturated heterocycles. The summed E-state index contributed by atoms with van der Waals surface area (Å²) in [6, 6.07) is 5.15. The van der Waals surface area contributed by atoms with Crippen LogP contribution in [0.25, 0.3) is 10.2 Å². The van der Waals surface area contributed by atoms with Gasteiger partial charge in [-0.15, -0.1) is 11.3 Å². The molecule has 0 fully saturated rings. The van der Waals surface area contributed by atoms with Gasteiger partial charge in [0.15, 0.2) is 6.10 Å². The molecule has 2 atom stereocenters. The molecule has 3 N–H and O–H groups in total. The molecule has 0 unspecified atom stereocenters. The minimum atomic E-state index is -1.88. The van der Waals surface area contributed by atoms with Gasteiger partial charge in [0.25, 0.3) is 0 Å². The molecule has 7 heteroatoms. The zero-order valence-corrected chi connectivity index (χ0v) is 10.2. The maximum atomic E-state index is 10.6. The van der Waals surface area contributed by atoms with Gasteiger partial charge in [0.05, 0.1) is 17.3 Å². The first-order chi connectivity index (χ1) is 8.52. The SMILES string of the molecule is COc1ccc2nc([C@H](O)[C@@H](O)C(=O)O)sc2c1. The van der Waals surface area contributed by atoms with Crippen molar-refractivity contribution in [2.75, 3.05) is 7.11 Å². The Morgan fingerprint density at radius 3 is 2.78 bits per heavy atom. The van der Waals surface area contributed by atoms with Crippen LogP contribution in [0.4, 0.5) is 0 Å². The number of carbonyl (C=O) groups is 1. The summed E-state index contributed by atoms with van der Waals surface area (Å²) in [5.74, 6) is -0.842. The average Bonchev–Trinajstić information content (AvgIpc) is 2.79. The van der Waals surface area contributed by atoms with Crippen LogP contribution in [-0.4, -0.2) is 39.5 Å². The van der Waals surface area contributed by atoms with Gasteiger partial charge in [-0.25, -0.2) is 9.78 Å². The number of aromatic nitrogens is 1. The van der Waals surface area contributed by atoms with E-state index < -0.39 is 18.2 Å². The lowest BCUT2D eigenvalue weighted by Gasteiger charge is -2.10. The van der Waals surface area contributed by atoms with Gasteiger partial charge >= 0.3 is 5.97 Å². The van der Waals surface area contributed by atoms with Gasteiger partial charge in [-0.2, -0.15) is 0 Å². The maximum absolute atomic E-state index is 10.6. The lowest BCUT2D eigenvalue weighted by Crippen LogP contribution is -2.27. The molecular formula is C11H11NO5S. The van der Waals surface area contributed by atoms with Crippen molar-refractivity contribution >= 4 is 27.5 Å². The Morgan fingerprint density at radius 1 is 1.44 bits per heavy atom. The van der Waals surface area contributed by atoms with E-state index >= 15 is 0 Å². The molecule has 2 rings (SSSR count). The second-order valence-electron chi connectivity index (χ2n) is 3.61. The number of ether oxygens (including phenoxy) is 1. The minimum Gasteiger partial charge on any atom is -0.497 e. The fourth-order valence-corrected chi connectivity index (χ4v) is 2.46. The van der Waals surface area contributed by atoms with Gasteiger partial charge in [0.1, 0.15) is 16.9 Å². The number of carboxylic acids is 1. The van der Waals surface area contributed by atoms with Crippen LogP contribution >= 0.6 is 11.3 Å². The number of methoxy groups -OCH3 is 1. The van der Waals surface area contributed by atoms with E-state index in [9.17, 15) is 15.0 Å². The molecule has 0 aliphatic rings. The Kier molecular flexibility index (Phi) is 3.46. The Balaban J connectivity index is 2.37. The van der Waals surface area contributed by atoms with Crippen molar-refractivity contribution in [1.29, 1.82) is 0 Å². The standard InChI is InChI=1S/C11H11NO5S/c1-17-5-2-3-6-7(4-5)18-10(12-6)8(13)9(14)11(15)16/h2-4,8-9,13-14H,1H3,(H,15,16)/t8-,9-/m1/s1. The summed E-state index contributed by atoms with van der Waals surface area (Å²) in [4.78, 5) is 14.7. The van der Waals surface area contributed by atoms with Gasteiger partial charge in [-0.05, 0) is 18.2 Å². The van der Waals surface area contributed by atoms with Gasteiger partial charge in [0.2, 0.25) is 0 Å². The molecule has 0 aliphatic carbocycles. The summed E-state index contributed by atoms with van der Waals surface area (Å²) in [6.45, 7) is 0. The minimum absolute atomic E-state index is 0.160. The molecular weight excluding hydrogens is 258 g/mol. The third-order valence-corrected chi connectivity index (χ3v) is 3.51. The number of aliphatic hydroxyl groups excluding tert-OH is 2. The van der Waals surface area contributed by atoms with E-state index in [-0.39, 0.29) is 5.01 Å². The van der Waals surface area contributed by atoms with Crippen molar-refractivity contribution in [3.63, 3.8) is 0 Å². The molecule has 0 spiro atoms. The summed E-state index contributed by atoms with van der Waals surface area (Å²) >= 11 is 1.12. The molecule has 2 aromatic rings. The Bertz CT molecular complexity index is 582. The third-order valence-electron chi connectivity index (χ3n) is 2.42. The third kappa shape index (κ3) is 2.28. The van der Waals surface area contributed by atoms with Crippen LogP contribution in [0.1, 0.15) is 11.1 Å². The van der Waals surface area contributed by atoms with E-state index in [1.807, 2.05) is 0 Å². The lowest BCUT2D eigenvalue weighted by atomic mass is 10.2. The van der Waals surface area contributed by atoms with Crippen molar-refractivity contribution in [3.05, 3.63) is 23.2 Å². The number of hydrogen-bond donors (Lipinski definition) is 3. The number of nitrogens with zero attached hydrogens (tertiary/aromatic N) is 1. The van der Waals surface area contributed by atoms with Crippen LogP contribution < -0.4 is 4.74 Å². The summed E-state index contributed by atoms with van der Waals surface area (Å²) in [7, 11) is 1.53. The highest BCUT2D eigenvalue weighted by Crippen LogP contribution is 2.30. The Morgan fingerprint density at radius 2 is 2.17 bits per heavy atom. The van der Waals surface area contributed by atoms with E-state index in [1.54, 1.807) is 18.2 Å². The average molecular weight is 269 g/mol. The second kappa shape index (κ2) is 4.89. The van der Waals surface area contributed by atoms with Gasteiger partial charge in [-0.1, -0.05) is 0 Å². The summed E-state index contributed by atoms with van der Waals surface area (Å²) < 4.78 is 5.80. The fourth-order valence-electron chi connectivity index (χ4n) is 1.45. The van der Waals surface area contributed by atoms with Gasteiger partial charge in [0, 0.05) is 0 Å². The molecule has 0 amide bonds. The first-order valence-corrected chi connectivity index (χ1v) is 5.88. The Hall–Kier alpha value is -1.70. The van der Waals surface area contributed by atoms with E-state index in [0.717, 1.165) is 16.0 Å². The van der Waals surface area contributed by atoms with E-state index in [1.165, 1.54) is 7.11 Å². The van der Waals surface area contributed by atoms with Crippen molar-refractivity contribution in [1.82, 2.24) is 4.98 Å². The lowest BCUT2D eigenvalue weighted by molar-refractivity contribution is -0.153. The number of carboxylic acid groups (broad SMARTS) is 1. The topological polar surface area (TPSA) is 99.9 Å². The predicted octanol–water partition coefficient (Wildman–Crippen LogP) is 0.784. The van der Waals surface area contributed by atoms with E-state index in [0.29, 0.717) is 11.3 Å². The summed E-state index contributed by atoms with van der Waals surface area (Å²) in [5, 5.41) is 27.7. The molecule has 0 aliphatic heterocycles. The number of benzene rings is 1. The van der Waals surface area contributed by atoms with Crippen LogP contribution in [0.5, 0.6) is 5.75 Å². The summed E-state index contributed by atoms with van der Waals surface area (Å²) in [6.07, 6.45) is -3.42. The van der Waals surface area contributed by atoms with E-state index in [4.69, 9.17) is 9.84 Å². The first-order valence-electron chi connectivity index (χ1n) is 5.06. The number of hydrogen-bond acceptors (Lipinski definition) is 6. The van der Waals surface area contributed by atoms with Crippen molar-refractivity contribution in [3.8, 4) is 5.75 Å². The number of thiazole rings is 1. The molecule has 18 heavy (non-hydrogen) atoms. The molecule has 96 valence electrons. The highest BCUT2D eigenvalue weighted by Gasteiger charge is 2.27. The fraction of sp³-hybridized carbons (Fsp3) is 0.273. The van der Waals surface area contributed by atoms with Crippen LogP contribution in [0, 0.1) is 0 Å². The molecule has 0 bridgehead atoms. The predicted molar refractivity (Wildman–Crippen MR) is 64.8 cm³/mol. The molecule has 6 nitrogen and oxygen atoms in total. The van der Waals surface area contributed by atoms with Crippen LogP contribution in [0.3, 0.4) is 0 Å². The monoisotopic (exact) mass is 269 g/mol. The smallest absolute Gasteiger partial charge is 0.335 e. The van der Waals surface area contributed by atoms with E-state index in [2.05, 4.69) is 4.98 Å². The van der Waals surface area contributed by atoms with Crippen LogP contribution in [0.2, 0.25) is 0 Å². The number of rotatable bonds is 4. The quantitative estimate of drug-likeness (QED) is 0.758. The molecule has 1 aromatic carbocycles. The maximum Gasteiger partial charge on any atom is 0.335 e. The largest absolute Gasteiger partial charge is 0.497 e. The highest BCUT2D eigenvalue weighted by molar-refractivity contribution is 7.18. The normalized spacial score (nSPS) is 14.4. The van der Waals surface area contributed by atoms with Crippen molar-refractivity contribution < 1.29 is 24.9 Å². The molecule has 0 saturated carbocycles. The summed E-state index contributed by atoms with van der Waals surface area (Å²) in [5.41, 5.74) is 0.618. The highest BCUT2D eigenvalue weighted by atomic mass is 32.1. The van der Waals surface area contributed by atoms with Crippen LogP contribution in [0.15, 0.2) is 18.2 Å². The second-order valence-corrected chi connectivity index (χ2v) is 4.68. The van der Waals surface area contributed by atoms with Crippen molar-refractivity contribution in [2.45, 2.75) is 12.2 Å². The van der Waals surface area contributed by atoms with Crippen LogP contribution in [-0.2, 0) is 4.79 Å².